The van der Waals surface area contributed by atoms with E-state index in [1.54, 1.807) is 0 Å². The summed E-state index contributed by atoms with van der Waals surface area (Å²) in [5.41, 5.74) is 0. The summed E-state index contributed by atoms with van der Waals surface area (Å²) in [6.07, 6.45) is 6.46. The summed E-state index contributed by atoms with van der Waals surface area (Å²) in [4.78, 5) is 2.33. The van der Waals surface area contributed by atoms with Crippen molar-refractivity contribution in [2.75, 3.05) is 6.54 Å². The standard InChI is InChI=1S/C8H13N/c1-4-8-5-6-9(8)7(2)3/h1,7-8H,5-6H2,2-3H3. The van der Waals surface area contributed by atoms with E-state index < -0.39 is 0 Å². The van der Waals surface area contributed by atoms with Crippen LogP contribution in [0, 0.1) is 12.3 Å². The molecule has 0 spiro atoms. The molecule has 1 heteroatoms. The van der Waals surface area contributed by atoms with Gasteiger partial charge in [-0.1, -0.05) is 5.92 Å². The van der Waals surface area contributed by atoms with Crippen molar-refractivity contribution >= 4 is 0 Å². The average molecular weight is 123 g/mol. The second-order valence-corrected chi connectivity index (χ2v) is 2.80. The molecule has 0 N–H and O–H groups in total. The maximum absolute atomic E-state index is 5.27. The van der Waals surface area contributed by atoms with Crippen LogP contribution in [0.25, 0.3) is 0 Å². The van der Waals surface area contributed by atoms with Crippen LogP contribution in [0.1, 0.15) is 20.3 Å². The second kappa shape index (κ2) is 2.41. The van der Waals surface area contributed by atoms with Gasteiger partial charge in [-0.05, 0) is 20.3 Å². The minimum Gasteiger partial charge on any atom is -0.287 e. The lowest BCUT2D eigenvalue weighted by Crippen LogP contribution is -2.50. The Morgan fingerprint density at radius 3 is 2.44 bits per heavy atom. The Labute approximate surface area is 57.0 Å². The quantitative estimate of drug-likeness (QED) is 0.472. The topological polar surface area (TPSA) is 3.24 Å². The van der Waals surface area contributed by atoms with Crippen molar-refractivity contribution in [2.45, 2.75) is 32.4 Å². The van der Waals surface area contributed by atoms with E-state index in [-0.39, 0.29) is 0 Å². The fourth-order valence-corrected chi connectivity index (χ4v) is 1.20. The summed E-state index contributed by atoms with van der Waals surface area (Å²) in [6, 6.07) is 1.06. The van der Waals surface area contributed by atoms with E-state index in [1.807, 2.05) is 0 Å². The van der Waals surface area contributed by atoms with E-state index in [2.05, 4.69) is 24.7 Å². The summed E-state index contributed by atoms with van der Waals surface area (Å²) < 4.78 is 0. The molecule has 0 aromatic carbocycles. The molecule has 1 atom stereocenters. The Morgan fingerprint density at radius 1 is 1.67 bits per heavy atom. The van der Waals surface area contributed by atoms with Crippen LogP contribution in [0.5, 0.6) is 0 Å². The molecule has 1 rings (SSSR count). The summed E-state index contributed by atoms with van der Waals surface area (Å²) in [6.45, 7) is 5.56. The Morgan fingerprint density at radius 2 is 2.33 bits per heavy atom. The maximum atomic E-state index is 5.27. The molecular formula is C8H13N. The minimum atomic E-state index is 0.435. The van der Waals surface area contributed by atoms with Gasteiger partial charge in [-0.15, -0.1) is 6.42 Å². The van der Waals surface area contributed by atoms with Crippen LogP contribution < -0.4 is 0 Å². The van der Waals surface area contributed by atoms with Crippen LogP contribution in [0.2, 0.25) is 0 Å². The molecule has 1 aliphatic rings. The Hall–Kier alpha value is -0.480. The number of nitrogens with zero attached hydrogens (tertiary/aromatic N) is 1. The van der Waals surface area contributed by atoms with Gasteiger partial charge < -0.3 is 0 Å². The van der Waals surface area contributed by atoms with Gasteiger partial charge in [0.2, 0.25) is 0 Å². The van der Waals surface area contributed by atoms with E-state index in [4.69, 9.17) is 6.42 Å². The third-order valence-corrected chi connectivity index (χ3v) is 1.92. The van der Waals surface area contributed by atoms with Crippen molar-refractivity contribution in [3.63, 3.8) is 0 Å². The van der Waals surface area contributed by atoms with Crippen molar-refractivity contribution in [1.82, 2.24) is 4.90 Å². The molecule has 1 nitrogen and oxygen atoms in total. The van der Waals surface area contributed by atoms with Gasteiger partial charge in [0.15, 0.2) is 0 Å². The number of terminal acetylenes is 1. The highest BCUT2D eigenvalue weighted by Gasteiger charge is 2.27. The summed E-state index contributed by atoms with van der Waals surface area (Å²) >= 11 is 0. The molecule has 1 heterocycles. The molecule has 0 aromatic rings. The van der Waals surface area contributed by atoms with Gasteiger partial charge in [0.05, 0.1) is 6.04 Å². The van der Waals surface area contributed by atoms with Crippen molar-refractivity contribution in [2.24, 2.45) is 0 Å². The molecule has 9 heavy (non-hydrogen) atoms. The van der Waals surface area contributed by atoms with Gasteiger partial charge in [0, 0.05) is 12.6 Å². The first kappa shape index (κ1) is 6.64. The molecule has 1 unspecified atom stereocenters. The fraction of sp³-hybridized carbons (Fsp3) is 0.750. The molecule has 0 aromatic heterocycles. The van der Waals surface area contributed by atoms with E-state index in [0.717, 1.165) is 0 Å². The van der Waals surface area contributed by atoms with Crippen LogP contribution in [0.3, 0.4) is 0 Å². The predicted molar refractivity (Wildman–Crippen MR) is 39.1 cm³/mol. The van der Waals surface area contributed by atoms with Crippen LogP contribution in [0.4, 0.5) is 0 Å². The molecule has 0 aliphatic carbocycles. The number of rotatable bonds is 1. The van der Waals surface area contributed by atoms with Gasteiger partial charge in [0.25, 0.3) is 0 Å². The van der Waals surface area contributed by atoms with Gasteiger partial charge in [-0.25, -0.2) is 0 Å². The minimum absolute atomic E-state index is 0.435. The molecule has 50 valence electrons. The Bertz CT molecular complexity index is 132. The Kier molecular flexibility index (Phi) is 1.78. The number of hydrogen-bond donors (Lipinski definition) is 0. The smallest absolute Gasteiger partial charge is 0.0726 e. The lowest BCUT2D eigenvalue weighted by molar-refractivity contribution is 0.0941. The highest BCUT2D eigenvalue weighted by molar-refractivity contribution is 5.06. The molecule has 1 fully saturated rings. The maximum Gasteiger partial charge on any atom is 0.0726 e. The van der Waals surface area contributed by atoms with Gasteiger partial charge in [-0.3, -0.25) is 4.90 Å². The van der Waals surface area contributed by atoms with E-state index in [1.165, 1.54) is 13.0 Å². The van der Waals surface area contributed by atoms with E-state index in [9.17, 15) is 0 Å². The highest BCUT2D eigenvalue weighted by atomic mass is 15.2. The van der Waals surface area contributed by atoms with Crippen LogP contribution in [-0.4, -0.2) is 23.5 Å². The molecule has 1 saturated heterocycles. The third-order valence-electron chi connectivity index (χ3n) is 1.92. The van der Waals surface area contributed by atoms with Gasteiger partial charge >= 0.3 is 0 Å². The molecule has 0 amide bonds. The SMILES string of the molecule is C#CC1CCN1C(C)C. The predicted octanol–water partition coefficient (Wildman–Crippen LogP) is 1.10. The summed E-state index contributed by atoms with van der Waals surface area (Å²) in [5, 5.41) is 0. The normalized spacial score (nSPS) is 27.6. The van der Waals surface area contributed by atoms with E-state index >= 15 is 0 Å². The van der Waals surface area contributed by atoms with E-state index in [0.29, 0.717) is 12.1 Å². The molecule has 1 aliphatic heterocycles. The van der Waals surface area contributed by atoms with Crippen LogP contribution in [0.15, 0.2) is 0 Å². The fourth-order valence-electron chi connectivity index (χ4n) is 1.20. The van der Waals surface area contributed by atoms with Crippen LogP contribution in [-0.2, 0) is 0 Å². The van der Waals surface area contributed by atoms with Crippen molar-refractivity contribution in [1.29, 1.82) is 0 Å². The highest BCUT2D eigenvalue weighted by Crippen LogP contribution is 2.18. The third kappa shape index (κ3) is 1.09. The molecular weight excluding hydrogens is 110 g/mol. The van der Waals surface area contributed by atoms with Gasteiger partial charge in [-0.2, -0.15) is 0 Å². The number of likely N-dealkylation sites (tertiary alicyclic amines) is 1. The van der Waals surface area contributed by atoms with Crippen molar-refractivity contribution in [3.8, 4) is 12.3 Å². The van der Waals surface area contributed by atoms with Crippen molar-refractivity contribution in [3.05, 3.63) is 0 Å². The first-order valence-corrected chi connectivity index (χ1v) is 3.47. The first-order chi connectivity index (χ1) is 4.25. The van der Waals surface area contributed by atoms with Crippen molar-refractivity contribution < 1.29 is 0 Å². The monoisotopic (exact) mass is 123 g/mol. The lowest BCUT2D eigenvalue weighted by Gasteiger charge is -2.40. The summed E-state index contributed by atoms with van der Waals surface area (Å²) in [5.74, 6) is 2.76. The van der Waals surface area contributed by atoms with Gasteiger partial charge in [0.1, 0.15) is 0 Å². The average Bonchev–Trinajstić information content (AvgIpc) is 1.61. The van der Waals surface area contributed by atoms with Crippen LogP contribution >= 0.6 is 0 Å². The lowest BCUT2D eigenvalue weighted by atomic mass is 10.0. The largest absolute Gasteiger partial charge is 0.287 e. The zero-order valence-electron chi connectivity index (χ0n) is 6.09. The Balaban J connectivity index is 2.38. The first-order valence-electron chi connectivity index (χ1n) is 3.47. The number of hydrogen-bond acceptors (Lipinski definition) is 1. The molecule has 0 bridgehead atoms. The molecule has 0 radical (unpaired) electrons. The molecule has 0 saturated carbocycles. The zero-order chi connectivity index (χ0) is 6.85. The zero-order valence-corrected chi connectivity index (χ0v) is 6.09. The second-order valence-electron chi connectivity index (χ2n) is 2.80. The summed E-state index contributed by atoms with van der Waals surface area (Å²) in [7, 11) is 0.